The Labute approximate surface area is 107 Å². The van der Waals surface area contributed by atoms with Crippen LogP contribution in [0.4, 0.5) is 5.95 Å². The fourth-order valence-corrected chi connectivity index (χ4v) is 1.30. The van der Waals surface area contributed by atoms with Crippen molar-refractivity contribution in [2.75, 3.05) is 12.3 Å². The molecule has 9 nitrogen and oxygen atoms in total. The first-order chi connectivity index (χ1) is 8.99. The van der Waals surface area contributed by atoms with Crippen LogP contribution in [0, 0.1) is 0 Å². The van der Waals surface area contributed by atoms with Gasteiger partial charge in [-0.25, -0.2) is 4.57 Å². The van der Waals surface area contributed by atoms with E-state index in [0.29, 0.717) is 17.7 Å². The normalized spacial score (nSPS) is 10.0. The number of aromatic nitrogens is 4. The molecule has 0 fully saturated rings. The van der Waals surface area contributed by atoms with Crippen molar-refractivity contribution in [3.8, 4) is 0 Å². The van der Waals surface area contributed by atoms with Crippen LogP contribution in [0.25, 0.3) is 11.2 Å². The molecule has 0 unspecified atom stereocenters. The summed E-state index contributed by atoms with van der Waals surface area (Å²) in [6.45, 7) is 1.89. The maximum Gasteiger partial charge on any atom is 0.311 e. The predicted octanol–water partition coefficient (Wildman–Crippen LogP) is -2.74. The number of fused-ring (bicyclic) bond motifs is 1. The van der Waals surface area contributed by atoms with Gasteiger partial charge in [0.15, 0.2) is 6.33 Å². The predicted molar refractivity (Wildman–Crippen MR) is 63.7 cm³/mol. The van der Waals surface area contributed by atoms with E-state index < -0.39 is 5.97 Å². The molecule has 0 saturated carbocycles. The average molecular weight is 269 g/mol. The summed E-state index contributed by atoms with van der Waals surface area (Å²) in [5.41, 5.74) is 5.88. The second-order valence-electron chi connectivity index (χ2n) is 3.57. The van der Waals surface area contributed by atoms with E-state index in [4.69, 9.17) is 10.8 Å². The number of carbonyl (C=O) groups excluding carboxylic acids is 1. The van der Waals surface area contributed by atoms with Gasteiger partial charge in [-0.05, 0) is 6.42 Å². The van der Waals surface area contributed by atoms with E-state index in [9.17, 15) is 14.7 Å². The third-order valence-corrected chi connectivity index (χ3v) is 2.18. The molecule has 0 aliphatic carbocycles. The van der Waals surface area contributed by atoms with E-state index in [1.54, 1.807) is 10.9 Å². The molecule has 2 aromatic rings. The molecule has 0 atom stereocenters. The molecule has 0 radical (unpaired) electrons. The summed E-state index contributed by atoms with van der Waals surface area (Å²) in [5.74, 6) is -0.932. The Morgan fingerprint density at radius 3 is 2.79 bits per heavy atom. The first-order valence-electron chi connectivity index (χ1n) is 5.56. The number of aliphatic carboxylic acids is 1. The summed E-state index contributed by atoms with van der Waals surface area (Å²) in [7, 11) is 0. The van der Waals surface area contributed by atoms with Crippen LogP contribution in [-0.4, -0.2) is 32.6 Å². The molecule has 0 aromatic carbocycles. The SMILES string of the molecule is CCC(=O)[O-].Nc1nc2c([nH]c[n+]2CCO)c(=O)[nH]1. The number of nitrogens with one attached hydrogen (secondary N) is 2. The number of carbonyl (C=O) groups is 1. The van der Waals surface area contributed by atoms with Gasteiger partial charge in [0.2, 0.25) is 5.52 Å². The summed E-state index contributed by atoms with van der Waals surface area (Å²) < 4.78 is 1.63. The molecule has 104 valence electrons. The number of carboxylic acids is 1. The highest BCUT2D eigenvalue weighted by Gasteiger charge is 2.15. The molecular weight excluding hydrogens is 254 g/mol. The van der Waals surface area contributed by atoms with Crippen molar-refractivity contribution in [1.29, 1.82) is 0 Å². The number of anilines is 1. The van der Waals surface area contributed by atoms with E-state index in [1.807, 2.05) is 0 Å². The number of aliphatic hydroxyl groups excluding tert-OH is 1. The lowest BCUT2D eigenvalue weighted by molar-refractivity contribution is -0.674. The minimum absolute atomic E-state index is 0.0218. The second-order valence-corrected chi connectivity index (χ2v) is 3.57. The fraction of sp³-hybridized carbons (Fsp3) is 0.400. The number of aromatic amines is 2. The van der Waals surface area contributed by atoms with Gasteiger partial charge in [0.05, 0.1) is 13.2 Å². The molecule has 2 rings (SSSR count). The molecule has 2 aromatic heterocycles. The first kappa shape index (κ1) is 14.6. The average Bonchev–Trinajstić information content (AvgIpc) is 2.74. The highest BCUT2D eigenvalue weighted by molar-refractivity contribution is 5.65. The van der Waals surface area contributed by atoms with Crippen LogP contribution >= 0.6 is 0 Å². The third kappa shape index (κ3) is 3.78. The number of rotatable bonds is 3. The Morgan fingerprint density at radius 1 is 1.63 bits per heavy atom. The van der Waals surface area contributed by atoms with Crippen LogP contribution in [0.1, 0.15) is 13.3 Å². The number of H-pyrrole nitrogens is 2. The van der Waals surface area contributed by atoms with Gasteiger partial charge in [-0.2, -0.15) is 0 Å². The molecule has 19 heavy (non-hydrogen) atoms. The van der Waals surface area contributed by atoms with E-state index in [2.05, 4.69) is 15.0 Å². The molecule has 0 bridgehead atoms. The zero-order valence-electron chi connectivity index (χ0n) is 10.3. The lowest BCUT2D eigenvalue weighted by Gasteiger charge is -1.92. The van der Waals surface area contributed by atoms with Crippen LogP contribution in [-0.2, 0) is 11.3 Å². The Bertz CT molecular complexity index is 618. The van der Waals surface area contributed by atoms with Crippen molar-refractivity contribution in [3.05, 3.63) is 16.7 Å². The lowest BCUT2D eigenvalue weighted by Crippen LogP contribution is -2.35. The van der Waals surface area contributed by atoms with Gasteiger partial charge in [0.1, 0.15) is 0 Å². The van der Waals surface area contributed by atoms with Crippen LogP contribution < -0.4 is 21.0 Å². The van der Waals surface area contributed by atoms with Gasteiger partial charge in [0.25, 0.3) is 11.5 Å². The van der Waals surface area contributed by atoms with Gasteiger partial charge in [0, 0.05) is 5.97 Å². The summed E-state index contributed by atoms with van der Waals surface area (Å²) in [5, 5.41) is 18.0. The largest absolute Gasteiger partial charge is 0.550 e. The molecule has 0 aliphatic rings. The number of aliphatic hydroxyl groups is 1. The molecule has 9 heteroatoms. The first-order valence-corrected chi connectivity index (χ1v) is 5.56. The maximum atomic E-state index is 11.3. The van der Waals surface area contributed by atoms with Crippen molar-refractivity contribution < 1.29 is 19.6 Å². The summed E-state index contributed by atoms with van der Waals surface area (Å²) in [4.78, 5) is 29.7. The van der Waals surface area contributed by atoms with Crippen molar-refractivity contribution in [2.45, 2.75) is 19.9 Å². The molecule has 0 aliphatic heterocycles. The monoisotopic (exact) mass is 269 g/mol. The molecule has 0 saturated heterocycles. The quantitative estimate of drug-likeness (QED) is 0.443. The summed E-state index contributed by atoms with van der Waals surface area (Å²) in [6, 6.07) is 0. The lowest BCUT2D eigenvalue weighted by atomic mass is 10.5. The zero-order valence-corrected chi connectivity index (χ0v) is 10.3. The molecule has 0 amide bonds. The van der Waals surface area contributed by atoms with Crippen molar-refractivity contribution in [2.24, 2.45) is 0 Å². The number of carboxylic acid groups (broad SMARTS) is 1. The van der Waals surface area contributed by atoms with Gasteiger partial charge < -0.3 is 20.7 Å². The Morgan fingerprint density at radius 2 is 2.26 bits per heavy atom. The summed E-state index contributed by atoms with van der Waals surface area (Å²) in [6.07, 6.45) is 1.68. The summed E-state index contributed by atoms with van der Waals surface area (Å²) >= 11 is 0. The van der Waals surface area contributed by atoms with E-state index in [-0.39, 0.29) is 24.5 Å². The molecular formula is C10H15N5O4. The number of nitrogens with two attached hydrogens (primary N) is 1. The maximum absolute atomic E-state index is 11.3. The third-order valence-electron chi connectivity index (χ3n) is 2.18. The molecule has 0 spiro atoms. The van der Waals surface area contributed by atoms with Crippen molar-refractivity contribution in [3.63, 3.8) is 0 Å². The number of imidazole rings is 1. The van der Waals surface area contributed by atoms with Gasteiger partial charge in [-0.3, -0.25) is 14.8 Å². The van der Waals surface area contributed by atoms with Gasteiger partial charge in [-0.1, -0.05) is 11.9 Å². The zero-order chi connectivity index (χ0) is 14.4. The van der Waals surface area contributed by atoms with E-state index in [0.717, 1.165) is 0 Å². The highest BCUT2D eigenvalue weighted by Crippen LogP contribution is 1.98. The number of nitrogens with zero attached hydrogens (tertiary/aromatic N) is 2. The second kappa shape index (κ2) is 6.50. The van der Waals surface area contributed by atoms with Crippen LogP contribution in [0.3, 0.4) is 0 Å². The van der Waals surface area contributed by atoms with Crippen molar-refractivity contribution >= 4 is 23.1 Å². The van der Waals surface area contributed by atoms with Crippen LogP contribution in [0.15, 0.2) is 11.1 Å². The van der Waals surface area contributed by atoms with Gasteiger partial charge in [-0.15, -0.1) is 0 Å². The minimum Gasteiger partial charge on any atom is -0.550 e. The highest BCUT2D eigenvalue weighted by atomic mass is 16.4. The number of nitrogen functional groups attached to an aromatic ring is 1. The Balaban J connectivity index is 0.000000312. The number of hydrogen-bond acceptors (Lipinski definition) is 6. The molecule has 5 N–H and O–H groups in total. The smallest absolute Gasteiger partial charge is 0.311 e. The number of hydrogen-bond donors (Lipinski definition) is 4. The van der Waals surface area contributed by atoms with Crippen LogP contribution in [0.2, 0.25) is 0 Å². The van der Waals surface area contributed by atoms with Crippen LogP contribution in [0.5, 0.6) is 0 Å². The van der Waals surface area contributed by atoms with Gasteiger partial charge >= 0.3 is 5.65 Å². The fourth-order valence-electron chi connectivity index (χ4n) is 1.30. The van der Waals surface area contributed by atoms with E-state index >= 15 is 0 Å². The van der Waals surface area contributed by atoms with E-state index in [1.165, 1.54) is 6.92 Å². The minimum atomic E-state index is -0.995. The standard InChI is InChI=1S/C7H9N5O2.C3H6O2/c8-7-10-5-4(6(14)11-7)9-3-12(5)1-2-13;1-2-3(4)5/h3,13H,1-2H2,(H3,8,10,11,14);2H2,1H3,(H,4,5). The van der Waals surface area contributed by atoms with Crippen molar-refractivity contribution in [1.82, 2.24) is 15.0 Å². The topological polar surface area (TPSA) is 152 Å². The molecule has 2 heterocycles. The Hall–Kier alpha value is -2.42. The Kier molecular flexibility index (Phi) is 5.01.